The molecule has 33 heavy (non-hydrogen) atoms. The zero-order valence-corrected chi connectivity index (χ0v) is 18.9. The third-order valence-electron chi connectivity index (χ3n) is 5.05. The van der Waals surface area contributed by atoms with Crippen molar-refractivity contribution in [1.82, 2.24) is 5.16 Å². The molecule has 166 valence electrons. The predicted molar refractivity (Wildman–Crippen MR) is 127 cm³/mol. The number of ether oxygens (including phenoxy) is 1. The van der Waals surface area contributed by atoms with Gasteiger partial charge in [-0.3, -0.25) is 10.1 Å². The van der Waals surface area contributed by atoms with Gasteiger partial charge in [-0.25, -0.2) is 4.79 Å². The van der Waals surface area contributed by atoms with Crippen molar-refractivity contribution in [2.24, 2.45) is 0 Å². The molecule has 0 aliphatic rings. The SMILES string of the molecule is COC(=O)c1c(-c2c(Cl)cccc2Cl)noc1NC(=O)C(c1ccccc1)c1ccccc1. The van der Waals surface area contributed by atoms with Crippen LogP contribution in [0.15, 0.2) is 83.4 Å². The zero-order chi connectivity index (χ0) is 23.4. The summed E-state index contributed by atoms with van der Waals surface area (Å²) in [4.78, 5) is 26.1. The normalized spacial score (nSPS) is 10.8. The summed E-state index contributed by atoms with van der Waals surface area (Å²) in [6.45, 7) is 0. The highest BCUT2D eigenvalue weighted by molar-refractivity contribution is 6.39. The molecule has 0 unspecified atom stereocenters. The van der Waals surface area contributed by atoms with Crippen molar-refractivity contribution in [3.05, 3.63) is 106 Å². The lowest BCUT2D eigenvalue weighted by molar-refractivity contribution is -0.116. The van der Waals surface area contributed by atoms with Crippen molar-refractivity contribution < 1.29 is 18.8 Å². The molecule has 0 bridgehead atoms. The molecule has 0 aliphatic carbocycles. The van der Waals surface area contributed by atoms with E-state index in [9.17, 15) is 9.59 Å². The number of halogens is 2. The molecule has 8 heteroatoms. The summed E-state index contributed by atoms with van der Waals surface area (Å²) < 4.78 is 10.3. The number of rotatable bonds is 6. The first-order valence-corrected chi connectivity index (χ1v) is 10.7. The number of aromatic nitrogens is 1. The lowest BCUT2D eigenvalue weighted by atomic mass is 9.90. The van der Waals surface area contributed by atoms with Crippen LogP contribution in [0.5, 0.6) is 0 Å². The highest BCUT2D eigenvalue weighted by Crippen LogP contribution is 2.39. The van der Waals surface area contributed by atoms with E-state index in [4.69, 9.17) is 32.5 Å². The Balaban J connectivity index is 1.77. The van der Waals surface area contributed by atoms with Gasteiger partial charge in [-0.15, -0.1) is 0 Å². The fraction of sp³-hybridized carbons (Fsp3) is 0.0800. The molecule has 3 aromatic carbocycles. The van der Waals surface area contributed by atoms with Crippen molar-refractivity contribution in [3.63, 3.8) is 0 Å². The molecule has 0 saturated carbocycles. The van der Waals surface area contributed by atoms with Crippen LogP contribution in [0.4, 0.5) is 5.88 Å². The van der Waals surface area contributed by atoms with E-state index < -0.39 is 17.8 Å². The average Bonchev–Trinajstić information content (AvgIpc) is 3.23. The third kappa shape index (κ3) is 4.62. The summed E-state index contributed by atoms with van der Waals surface area (Å²) in [7, 11) is 1.22. The van der Waals surface area contributed by atoms with Gasteiger partial charge in [0, 0.05) is 5.56 Å². The molecule has 4 aromatic rings. The number of nitrogens with one attached hydrogen (secondary N) is 1. The van der Waals surface area contributed by atoms with E-state index in [1.54, 1.807) is 18.2 Å². The maximum atomic E-state index is 13.5. The number of methoxy groups -OCH3 is 1. The first-order valence-electron chi connectivity index (χ1n) is 9.94. The Hall–Kier alpha value is -3.61. The van der Waals surface area contributed by atoms with Crippen LogP contribution in [0.25, 0.3) is 11.3 Å². The number of carbonyl (C=O) groups is 2. The monoisotopic (exact) mass is 480 g/mol. The van der Waals surface area contributed by atoms with Gasteiger partial charge in [0.1, 0.15) is 5.69 Å². The molecule has 1 aromatic heterocycles. The average molecular weight is 481 g/mol. The van der Waals surface area contributed by atoms with Crippen LogP contribution in [0.3, 0.4) is 0 Å². The molecule has 0 spiro atoms. The van der Waals surface area contributed by atoms with E-state index in [0.29, 0.717) is 5.56 Å². The van der Waals surface area contributed by atoms with Crippen molar-refractivity contribution in [2.45, 2.75) is 5.92 Å². The Kier molecular flexibility index (Phi) is 6.77. The molecule has 0 fully saturated rings. The van der Waals surface area contributed by atoms with Crippen LogP contribution >= 0.6 is 23.2 Å². The van der Waals surface area contributed by atoms with E-state index in [0.717, 1.165) is 11.1 Å². The summed E-state index contributed by atoms with van der Waals surface area (Å²) in [6, 6.07) is 23.4. The number of anilines is 1. The quantitative estimate of drug-likeness (QED) is 0.332. The first kappa shape index (κ1) is 22.6. The van der Waals surface area contributed by atoms with Crippen LogP contribution in [-0.4, -0.2) is 24.1 Å². The van der Waals surface area contributed by atoms with Gasteiger partial charge in [-0.2, -0.15) is 0 Å². The van der Waals surface area contributed by atoms with Crippen molar-refractivity contribution >= 4 is 41.0 Å². The van der Waals surface area contributed by atoms with Gasteiger partial charge in [0.25, 0.3) is 0 Å². The van der Waals surface area contributed by atoms with E-state index in [-0.39, 0.29) is 27.2 Å². The Morgan fingerprint density at radius 1 is 0.879 bits per heavy atom. The van der Waals surface area contributed by atoms with Gasteiger partial charge in [0.2, 0.25) is 11.8 Å². The Bertz CT molecular complexity index is 1230. The smallest absolute Gasteiger partial charge is 0.345 e. The van der Waals surface area contributed by atoms with Crippen molar-refractivity contribution in [2.75, 3.05) is 12.4 Å². The molecule has 6 nitrogen and oxygen atoms in total. The lowest BCUT2D eigenvalue weighted by Gasteiger charge is -2.17. The highest BCUT2D eigenvalue weighted by atomic mass is 35.5. The molecular weight excluding hydrogens is 463 g/mol. The molecule has 0 atom stereocenters. The first-order chi connectivity index (χ1) is 16.0. The third-order valence-corrected chi connectivity index (χ3v) is 5.68. The van der Waals surface area contributed by atoms with Crippen LogP contribution in [-0.2, 0) is 9.53 Å². The molecule has 0 aliphatic heterocycles. The van der Waals surface area contributed by atoms with Crippen LogP contribution in [0.1, 0.15) is 27.4 Å². The summed E-state index contributed by atoms with van der Waals surface area (Å²) in [5.74, 6) is -1.98. The number of hydrogen-bond donors (Lipinski definition) is 1. The summed E-state index contributed by atoms with van der Waals surface area (Å²) in [5.41, 5.74) is 1.84. The van der Waals surface area contributed by atoms with Crippen LogP contribution in [0.2, 0.25) is 10.0 Å². The van der Waals surface area contributed by atoms with E-state index in [1.165, 1.54) is 7.11 Å². The lowest BCUT2D eigenvalue weighted by Crippen LogP contribution is -2.23. The van der Waals surface area contributed by atoms with Crippen LogP contribution in [0, 0.1) is 0 Å². The van der Waals surface area contributed by atoms with Crippen molar-refractivity contribution in [1.29, 1.82) is 0 Å². The van der Waals surface area contributed by atoms with Gasteiger partial charge < -0.3 is 9.26 Å². The number of amides is 1. The second-order valence-electron chi connectivity index (χ2n) is 7.07. The van der Waals surface area contributed by atoms with Gasteiger partial charge >= 0.3 is 5.97 Å². The second kappa shape index (κ2) is 9.90. The minimum absolute atomic E-state index is 0.0729. The maximum absolute atomic E-state index is 13.5. The number of nitrogens with zero attached hydrogens (tertiary/aromatic N) is 1. The number of esters is 1. The fourth-order valence-electron chi connectivity index (χ4n) is 3.53. The minimum Gasteiger partial charge on any atom is -0.465 e. The molecular formula is C25H18Cl2N2O4. The van der Waals surface area contributed by atoms with E-state index in [2.05, 4.69) is 10.5 Å². The standard InChI is InChI=1S/C25H18Cl2N2O4/c1-32-25(31)21-22(20-17(26)13-8-14-18(20)27)29-33-24(21)28-23(30)19(15-9-4-2-5-10-15)16-11-6-3-7-12-16/h2-14,19H,1H3,(H,28,30). The van der Waals surface area contributed by atoms with E-state index >= 15 is 0 Å². The number of benzene rings is 3. The number of carbonyl (C=O) groups excluding carboxylic acids is 2. The minimum atomic E-state index is -0.756. The summed E-state index contributed by atoms with van der Waals surface area (Å²) >= 11 is 12.6. The summed E-state index contributed by atoms with van der Waals surface area (Å²) in [6.07, 6.45) is 0. The van der Waals surface area contributed by atoms with Gasteiger partial charge in [0.05, 0.1) is 23.1 Å². The molecule has 4 rings (SSSR count). The Labute approximate surface area is 200 Å². The van der Waals surface area contributed by atoms with Crippen LogP contribution < -0.4 is 5.32 Å². The van der Waals surface area contributed by atoms with Gasteiger partial charge in [-0.05, 0) is 23.3 Å². The van der Waals surface area contributed by atoms with Gasteiger partial charge in [0.15, 0.2) is 5.56 Å². The molecule has 1 amide bonds. The molecule has 0 saturated heterocycles. The predicted octanol–water partition coefficient (Wildman–Crippen LogP) is 6.21. The van der Waals surface area contributed by atoms with E-state index in [1.807, 2.05) is 60.7 Å². The van der Waals surface area contributed by atoms with Crippen molar-refractivity contribution in [3.8, 4) is 11.3 Å². The maximum Gasteiger partial charge on any atom is 0.345 e. The highest BCUT2D eigenvalue weighted by Gasteiger charge is 2.31. The second-order valence-corrected chi connectivity index (χ2v) is 7.88. The molecule has 1 heterocycles. The fourth-order valence-corrected chi connectivity index (χ4v) is 4.11. The zero-order valence-electron chi connectivity index (χ0n) is 17.4. The largest absolute Gasteiger partial charge is 0.465 e. The molecule has 0 radical (unpaired) electrons. The van der Waals surface area contributed by atoms with Gasteiger partial charge in [-0.1, -0.05) is 95.1 Å². The number of hydrogen-bond acceptors (Lipinski definition) is 5. The topological polar surface area (TPSA) is 81.4 Å². The molecule has 1 N–H and O–H groups in total. The Morgan fingerprint density at radius 2 is 1.42 bits per heavy atom. The summed E-state index contributed by atoms with van der Waals surface area (Å²) in [5, 5.41) is 7.21. The Morgan fingerprint density at radius 3 is 1.94 bits per heavy atom.